The van der Waals surface area contributed by atoms with Crippen molar-refractivity contribution in [1.29, 1.82) is 0 Å². The second-order valence-corrected chi connectivity index (χ2v) is 4.47. The molecule has 2 rings (SSSR count). The molecule has 1 heterocycles. The lowest BCUT2D eigenvalue weighted by molar-refractivity contribution is -0.0370. The summed E-state index contributed by atoms with van der Waals surface area (Å²) in [5, 5.41) is 21.7. The topological polar surface area (TPSA) is 82.5 Å². The van der Waals surface area contributed by atoms with E-state index in [-0.39, 0.29) is 5.69 Å². The number of aliphatic hydroxyl groups is 1. The molecule has 1 aliphatic rings. The minimum Gasteiger partial charge on any atom is -0.477 e. The van der Waals surface area contributed by atoms with Gasteiger partial charge in [-0.2, -0.15) is 0 Å². The van der Waals surface area contributed by atoms with Gasteiger partial charge in [-0.1, -0.05) is 6.07 Å². The zero-order valence-corrected chi connectivity index (χ0v) is 9.52. The minimum atomic E-state index is -1.04. The van der Waals surface area contributed by atoms with E-state index in [1.165, 1.54) is 6.07 Å². The van der Waals surface area contributed by atoms with Crippen LogP contribution in [0.2, 0.25) is 0 Å². The maximum atomic E-state index is 10.7. The van der Waals surface area contributed by atoms with Crippen LogP contribution in [-0.4, -0.2) is 33.3 Å². The van der Waals surface area contributed by atoms with Crippen LogP contribution in [0.5, 0.6) is 0 Å². The molecule has 1 aliphatic carbocycles. The first-order valence-electron chi connectivity index (χ1n) is 5.76. The van der Waals surface area contributed by atoms with E-state index in [0.717, 1.165) is 19.3 Å². The molecule has 0 bridgehead atoms. The van der Waals surface area contributed by atoms with Crippen LogP contribution in [0, 0.1) is 0 Å². The van der Waals surface area contributed by atoms with E-state index >= 15 is 0 Å². The first-order valence-corrected chi connectivity index (χ1v) is 5.76. The van der Waals surface area contributed by atoms with Crippen LogP contribution in [0.3, 0.4) is 0 Å². The van der Waals surface area contributed by atoms with Gasteiger partial charge in [-0.15, -0.1) is 0 Å². The van der Waals surface area contributed by atoms with Crippen molar-refractivity contribution in [3.63, 3.8) is 0 Å². The molecule has 0 saturated heterocycles. The molecule has 0 aliphatic heterocycles. The van der Waals surface area contributed by atoms with E-state index in [0.29, 0.717) is 18.8 Å². The molecule has 0 radical (unpaired) electrons. The monoisotopic (exact) mass is 236 g/mol. The standard InChI is InChI=1S/C12H16N2O3/c15-11(16)9-3-1-4-10(14-9)13-8-7-12(17)5-2-6-12/h1,3-4,17H,2,5-8H2,(H,13,14)(H,15,16). The van der Waals surface area contributed by atoms with Crippen LogP contribution in [-0.2, 0) is 0 Å². The van der Waals surface area contributed by atoms with Gasteiger partial charge in [0, 0.05) is 6.54 Å². The van der Waals surface area contributed by atoms with Gasteiger partial charge in [0.2, 0.25) is 0 Å². The lowest BCUT2D eigenvalue weighted by atomic mass is 9.78. The van der Waals surface area contributed by atoms with E-state index in [1.54, 1.807) is 12.1 Å². The summed E-state index contributed by atoms with van der Waals surface area (Å²) in [6.07, 6.45) is 3.48. The molecule has 0 atom stereocenters. The number of nitrogens with one attached hydrogen (secondary N) is 1. The number of aromatic nitrogens is 1. The summed E-state index contributed by atoms with van der Waals surface area (Å²) in [6, 6.07) is 4.82. The number of aromatic carboxylic acids is 1. The van der Waals surface area contributed by atoms with Gasteiger partial charge in [0.1, 0.15) is 5.82 Å². The average molecular weight is 236 g/mol. The number of anilines is 1. The summed E-state index contributed by atoms with van der Waals surface area (Å²) in [5.74, 6) is -0.501. The summed E-state index contributed by atoms with van der Waals surface area (Å²) < 4.78 is 0. The van der Waals surface area contributed by atoms with Gasteiger partial charge >= 0.3 is 5.97 Å². The first-order chi connectivity index (χ1) is 8.09. The highest BCUT2D eigenvalue weighted by Crippen LogP contribution is 2.34. The highest BCUT2D eigenvalue weighted by Gasteiger charge is 2.33. The Morgan fingerprint density at radius 1 is 1.47 bits per heavy atom. The first kappa shape index (κ1) is 11.9. The lowest BCUT2D eigenvalue weighted by Crippen LogP contribution is -2.38. The minimum absolute atomic E-state index is 0.0253. The van der Waals surface area contributed by atoms with Crippen LogP contribution in [0.15, 0.2) is 18.2 Å². The summed E-state index contributed by atoms with van der Waals surface area (Å²) in [4.78, 5) is 14.7. The highest BCUT2D eigenvalue weighted by molar-refractivity contribution is 5.85. The van der Waals surface area contributed by atoms with E-state index < -0.39 is 11.6 Å². The Balaban J connectivity index is 1.86. The van der Waals surface area contributed by atoms with Crippen molar-refractivity contribution >= 4 is 11.8 Å². The number of rotatable bonds is 5. The normalized spacial score (nSPS) is 17.2. The molecule has 0 spiro atoms. The molecule has 5 heteroatoms. The number of carbonyl (C=O) groups is 1. The maximum Gasteiger partial charge on any atom is 0.354 e. The average Bonchev–Trinajstić information content (AvgIpc) is 2.27. The second kappa shape index (κ2) is 4.71. The predicted molar refractivity (Wildman–Crippen MR) is 63.1 cm³/mol. The Bertz CT molecular complexity index is 416. The number of pyridine rings is 1. The number of carboxylic acid groups (broad SMARTS) is 1. The zero-order chi connectivity index (χ0) is 12.3. The molecule has 17 heavy (non-hydrogen) atoms. The second-order valence-electron chi connectivity index (χ2n) is 4.47. The fourth-order valence-corrected chi connectivity index (χ4v) is 1.91. The molecular weight excluding hydrogens is 220 g/mol. The van der Waals surface area contributed by atoms with Gasteiger partial charge < -0.3 is 15.5 Å². The van der Waals surface area contributed by atoms with Crippen LogP contribution >= 0.6 is 0 Å². The van der Waals surface area contributed by atoms with Gasteiger partial charge in [-0.25, -0.2) is 9.78 Å². The molecule has 1 aromatic rings. The van der Waals surface area contributed by atoms with E-state index in [2.05, 4.69) is 10.3 Å². The Labute approximate surface area is 99.5 Å². The fraction of sp³-hybridized carbons (Fsp3) is 0.500. The van der Waals surface area contributed by atoms with Crippen molar-refractivity contribution in [2.24, 2.45) is 0 Å². The van der Waals surface area contributed by atoms with E-state index in [1.807, 2.05) is 0 Å². The molecule has 0 aromatic carbocycles. The Morgan fingerprint density at radius 3 is 2.82 bits per heavy atom. The smallest absolute Gasteiger partial charge is 0.354 e. The van der Waals surface area contributed by atoms with Crippen molar-refractivity contribution in [2.75, 3.05) is 11.9 Å². The van der Waals surface area contributed by atoms with Crippen LogP contribution in [0.25, 0.3) is 0 Å². The molecule has 1 aromatic heterocycles. The van der Waals surface area contributed by atoms with Crippen LogP contribution in [0.1, 0.15) is 36.2 Å². The van der Waals surface area contributed by atoms with Gasteiger partial charge in [-0.3, -0.25) is 0 Å². The largest absolute Gasteiger partial charge is 0.477 e. The Kier molecular flexibility index (Phi) is 3.28. The fourth-order valence-electron chi connectivity index (χ4n) is 1.91. The Hall–Kier alpha value is -1.62. The Morgan fingerprint density at radius 2 is 2.24 bits per heavy atom. The van der Waals surface area contributed by atoms with Gasteiger partial charge in [-0.05, 0) is 37.8 Å². The van der Waals surface area contributed by atoms with Crippen LogP contribution in [0.4, 0.5) is 5.82 Å². The molecule has 1 fully saturated rings. The molecular formula is C12H16N2O3. The van der Waals surface area contributed by atoms with Crippen molar-refractivity contribution in [3.8, 4) is 0 Å². The number of carboxylic acids is 1. The van der Waals surface area contributed by atoms with E-state index in [9.17, 15) is 9.90 Å². The third-order valence-corrected chi connectivity index (χ3v) is 3.15. The number of nitrogens with zero attached hydrogens (tertiary/aromatic N) is 1. The zero-order valence-electron chi connectivity index (χ0n) is 9.52. The van der Waals surface area contributed by atoms with Crippen molar-refractivity contribution in [1.82, 2.24) is 4.98 Å². The predicted octanol–water partition coefficient (Wildman–Crippen LogP) is 1.50. The van der Waals surface area contributed by atoms with Crippen molar-refractivity contribution < 1.29 is 15.0 Å². The summed E-state index contributed by atoms with van der Waals surface area (Å²) in [6.45, 7) is 0.604. The van der Waals surface area contributed by atoms with Crippen molar-refractivity contribution in [2.45, 2.75) is 31.3 Å². The molecule has 0 amide bonds. The number of hydrogen-bond donors (Lipinski definition) is 3. The van der Waals surface area contributed by atoms with Crippen LogP contribution < -0.4 is 5.32 Å². The lowest BCUT2D eigenvalue weighted by Gasteiger charge is -2.36. The SMILES string of the molecule is O=C(O)c1cccc(NCCC2(O)CCC2)n1. The van der Waals surface area contributed by atoms with Gasteiger partial charge in [0.25, 0.3) is 0 Å². The molecule has 3 N–H and O–H groups in total. The van der Waals surface area contributed by atoms with Crippen molar-refractivity contribution in [3.05, 3.63) is 23.9 Å². The third kappa shape index (κ3) is 2.94. The summed E-state index contributed by atoms with van der Waals surface area (Å²) in [5.41, 5.74) is -0.491. The van der Waals surface area contributed by atoms with Gasteiger partial charge in [0.15, 0.2) is 5.69 Å². The van der Waals surface area contributed by atoms with Gasteiger partial charge in [0.05, 0.1) is 5.60 Å². The molecule has 92 valence electrons. The summed E-state index contributed by atoms with van der Waals surface area (Å²) in [7, 11) is 0. The third-order valence-electron chi connectivity index (χ3n) is 3.15. The highest BCUT2D eigenvalue weighted by atomic mass is 16.4. The molecule has 1 saturated carbocycles. The van der Waals surface area contributed by atoms with E-state index in [4.69, 9.17) is 5.11 Å². The summed E-state index contributed by atoms with van der Waals surface area (Å²) >= 11 is 0. The molecule has 5 nitrogen and oxygen atoms in total. The molecule has 0 unspecified atom stereocenters. The number of hydrogen-bond acceptors (Lipinski definition) is 4. The maximum absolute atomic E-state index is 10.7. The quantitative estimate of drug-likeness (QED) is 0.721.